The Morgan fingerprint density at radius 3 is 1.51 bits per heavy atom. The third kappa shape index (κ3) is 38.5. The molecule has 0 bridgehead atoms. The van der Waals surface area contributed by atoms with E-state index in [2.05, 4.69) is 55.6 Å². The van der Waals surface area contributed by atoms with E-state index in [-0.39, 0.29) is 19.1 Å². The fourth-order valence-corrected chi connectivity index (χ4v) is 6.51. The quantitative estimate of drug-likeness (QED) is 0.0250. The molecule has 0 aromatic carbocycles. The third-order valence-electron chi connectivity index (χ3n) is 9.25. The van der Waals surface area contributed by atoms with Crippen LogP contribution in [0.5, 0.6) is 0 Å². The van der Waals surface area contributed by atoms with E-state index in [0.29, 0.717) is 17.4 Å². The number of aliphatic hydroxyl groups is 1. The van der Waals surface area contributed by atoms with Gasteiger partial charge in [-0.3, -0.25) is 13.8 Å². The minimum absolute atomic E-state index is 0.0497. The summed E-state index contributed by atoms with van der Waals surface area (Å²) < 4.78 is 23.5. The van der Waals surface area contributed by atoms with Crippen LogP contribution in [0.2, 0.25) is 0 Å². The van der Waals surface area contributed by atoms with Crippen LogP contribution in [-0.2, 0) is 18.4 Å². The van der Waals surface area contributed by atoms with E-state index in [4.69, 9.17) is 9.05 Å². The molecule has 3 unspecified atom stereocenters. The lowest BCUT2D eigenvalue weighted by Gasteiger charge is -2.25. The fraction of sp³-hybridized carbons (Fsp3) is 0.795. The Hall–Kier alpha value is -1.54. The Labute approximate surface area is 327 Å². The van der Waals surface area contributed by atoms with Gasteiger partial charge in [0, 0.05) is 6.42 Å². The molecule has 0 spiro atoms. The van der Waals surface area contributed by atoms with Gasteiger partial charge < -0.3 is 19.8 Å². The molecule has 0 rings (SSSR count). The molecule has 0 radical (unpaired) electrons. The van der Waals surface area contributed by atoms with Crippen molar-refractivity contribution in [2.75, 3.05) is 40.9 Å². The Morgan fingerprint density at radius 1 is 0.623 bits per heavy atom. The Kier molecular flexibility index (Phi) is 35.1. The van der Waals surface area contributed by atoms with Gasteiger partial charge in [0.1, 0.15) is 13.2 Å². The second kappa shape index (κ2) is 36.1. The normalized spacial score (nSPS) is 14.9. The van der Waals surface area contributed by atoms with Crippen molar-refractivity contribution >= 4 is 13.7 Å². The molecule has 1 amide bonds. The number of quaternary nitrogens is 1. The van der Waals surface area contributed by atoms with Crippen LogP contribution in [-0.4, -0.2) is 73.4 Å². The zero-order valence-corrected chi connectivity index (χ0v) is 35.9. The van der Waals surface area contributed by atoms with E-state index in [0.717, 1.165) is 57.8 Å². The van der Waals surface area contributed by atoms with Gasteiger partial charge in [-0.25, -0.2) is 4.57 Å². The summed E-state index contributed by atoms with van der Waals surface area (Å²) >= 11 is 0. The summed E-state index contributed by atoms with van der Waals surface area (Å²) in [5.74, 6) is -0.210. The highest BCUT2D eigenvalue weighted by atomic mass is 31.2. The predicted molar refractivity (Wildman–Crippen MR) is 226 cm³/mol. The molecular formula is C44H84N2O6P+. The van der Waals surface area contributed by atoms with Crippen LogP contribution in [0.15, 0.2) is 48.6 Å². The van der Waals surface area contributed by atoms with Crippen molar-refractivity contribution in [3.05, 3.63) is 48.6 Å². The van der Waals surface area contributed by atoms with E-state index in [9.17, 15) is 19.4 Å². The molecule has 3 atom stereocenters. The SMILES string of the molecule is CCCCCCCC/C=C\CCCCCC(=O)NC(COP(=O)(O)OCC[N+](C)(C)C)C(O)/C=C/CC/C=C/CC/C=C/CCCCCCCCCC. The first-order chi connectivity index (χ1) is 25.5. The first kappa shape index (κ1) is 51.5. The number of hydrogen-bond acceptors (Lipinski definition) is 5. The van der Waals surface area contributed by atoms with E-state index < -0.39 is 20.0 Å². The van der Waals surface area contributed by atoms with Crippen LogP contribution in [0.3, 0.4) is 0 Å². The van der Waals surface area contributed by atoms with Crippen molar-refractivity contribution in [2.24, 2.45) is 0 Å². The van der Waals surface area contributed by atoms with Crippen LogP contribution in [0.25, 0.3) is 0 Å². The second-order valence-electron chi connectivity index (χ2n) is 15.7. The summed E-state index contributed by atoms with van der Waals surface area (Å²) in [5.41, 5.74) is 0. The smallest absolute Gasteiger partial charge is 0.387 e. The standard InChI is InChI=1S/C44H83N2O6P/c1-6-8-10-12-14-16-18-20-21-22-23-24-26-27-29-31-33-35-37-43(47)42(41-52-53(49,50)51-40-39-46(3,4)5)45-44(48)38-36-34-32-30-28-25-19-17-15-13-11-9-7-2/h22-23,25,27-29,35,37,42-43,47H,6-21,24,26,30-34,36,38-41H2,1-5H3,(H-,45,48,49,50)/p+1/b23-22+,28-25-,29-27+,37-35+. The molecular weight excluding hydrogens is 683 g/mol. The molecule has 8 nitrogen and oxygen atoms in total. The van der Waals surface area contributed by atoms with E-state index >= 15 is 0 Å². The van der Waals surface area contributed by atoms with Gasteiger partial charge in [0.25, 0.3) is 0 Å². The van der Waals surface area contributed by atoms with Crippen LogP contribution >= 0.6 is 7.82 Å². The van der Waals surface area contributed by atoms with Gasteiger partial charge in [0.2, 0.25) is 5.91 Å². The lowest BCUT2D eigenvalue weighted by molar-refractivity contribution is -0.870. The summed E-state index contributed by atoms with van der Waals surface area (Å²) in [6, 6.07) is -0.876. The summed E-state index contributed by atoms with van der Waals surface area (Å²) in [4.78, 5) is 23.0. The lowest BCUT2D eigenvalue weighted by Crippen LogP contribution is -2.45. The van der Waals surface area contributed by atoms with Gasteiger partial charge in [0.15, 0.2) is 0 Å². The highest BCUT2D eigenvalue weighted by Crippen LogP contribution is 2.43. The number of unbranched alkanes of at least 4 members (excludes halogenated alkanes) is 19. The second-order valence-corrected chi connectivity index (χ2v) is 17.1. The number of allylic oxidation sites excluding steroid dienone is 7. The minimum atomic E-state index is -4.35. The number of phosphoric acid groups is 1. The molecule has 0 aromatic rings. The average Bonchev–Trinajstić information content (AvgIpc) is 3.10. The maximum absolute atomic E-state index is 12.8. The number of phosphoric ester groups is 1. The molecule has 9 heteroatoms. The number of nitrogens with one attached hydrogen (secondary N) is 1. The maximum atomic E-state index is 12.8. The first-order valence-corrected chi connectivity index (χ1v) is 23.0. The maximum Gasteiger partial charge on any atom is 0.472 e. The topological polar surface area (TPSA) is 105 Å². The molecule has 0 saturated carbocycles. The average molecular weight is 768 g/mol. The molecule has 0 aliphatic heterocycles. The molecule has 0 aromatic heterocycles. The Bertz CT molecular complexity index is 1010. The Balaban J connectivity index is 4.57. The molecule has 0 aliphatic carbocycles. The van der Waals surface area contributed by atoms with Gasteiger partial charge in [-0.1, -0.05) is 146 Å². The number of likely N-dealkylation sites (N-methyl/N-ethyl adjacent to an activating group) is 1. The minimum Gasteiger partial charge on any atom is -0.387 e. The zero-order valence-electron chi connectivity index (χ0n) is 35.0. The molecule has 53 heavy (non-hydrogen) atoms. The van der Waals surface area contributed by atoms with Crippen molar-refractivity contribution in [3.63, 3.8) is 0 Å². The predicted octanol–water partition coefficient (Wildman–Crippen LogP) is 11.7. The number of hydrogen-bond donors (Lipinski definition) is 3. The molecule has 0 heterocycles. The number of rotatable bonds is 38. The van der Waals surface area contributed by atoms with Crippen molar-refractivity contribution in [2.45, 2.75) is 187 Å². The first-order valence-electron chi connectivity index (χ1n) is 21.5. The number of nitrogens with zero attached hydrogens (tertiary/aromatic N) is 1. The number of aliphatic hydroxyl groups excluding tert-OH is 1. The summed E-state index contributed by atoms with van der Waals surface area (Å²) in [5, 5.41) is 13.8. The van der Waals surface area contributed by atoms with Gasteiger partial charge >= 0.3 is 7.82 Å². The van der Waals surface area contributed by atoms with E-state index in [1.165, 1.54) is 96.3 Å². The van der Waals surface area contributed by atoms with Crippen LogP contribution in [0, 0.1) is 0 Å². The molecule has 0 aliphatic rings. The van der Waals surface area contributed by atoms with Crippen LogP contribution in [0.4, 0.5) is 0 Å². The molecule has 0 saturated heterocycles. The van der Waals surface area contributed by atoms with E-state index in [1.807, 2.05) is 27.2 Å². The summed E-state index contributed by atoms with van der Waals surface area (Å²) in [6.07, 6.45) is 44.7. The molecule has 0 fully saturated rings. The van der Waals surface area contributed by atoms with Crippen molar-refractivity contribution in [1.82, 2.24) is 5.32 Å². The third-order valence-corrected chi connectivity index (χ3v) is 10.2. The Morgan fingerprint density at radius 2 is 1.04 bits per heavy atom. The van der Waals surface area contributed by atoms with Crippen LogP contribution < -0.4 is 5.32 Å². The van der Waals surface area contributed by atoms with Crippen LogP contribution in [0.1, 0.15) is 174 Å². The summed E-state index contributed by atoms with van der Waals surface area (Å²) in [7, 11) is 1.53. The summed E-state index contributed by atoms with van der Waals surface area (Å²) in [6.45, 7) is 4.74. The van der Waals surface area contributed by atoms with Gasteiger partial charge in [-0.05, 0) is 70.6 Å². The number of carbonyl (C=O) groups is 1. The van der Waals surface area contributed by atoms with Gasteiger partial charge in [-0.15, -0.1) is 0 Å². The number of carbonyl (C=O) groups excluding carboxylic acids is 1. The van der Waals surface area contributed by atoms with Gasteiger partial charge in [-0.2, -0.15) is 0 Å². The highest BCUT2D eigenvalue weighted by Gasteiger charge is 2.27. The molecule has 310 valence electrons. The fourth-order valence-electron chi connectivity index (χ4n) is 5.77. The van der Waals surface area contributed by atoms with Gasteiger partial charge in [0.05, 0.1) is 39.9 Å². The molecule has 3 N–H and O–H groups in total. The van der Waals surface area contributed by atoms with Crippen molar-refractivity contribution in [3.8, 4) is 0 Å². The van der Waals surface area contributed by atoms with E-state index in [1.54, 1.807) is 6.08 Å². The highest BCUT2D eigenvalue weighted by molar-refractivity contribution is 7.47. The van der Waals surface area contributed by atoms with Crippen molar-refractivity contribution < 1.29 is 32.9 Å². The number of amides is 1. The lowest BCUT2D eigenvalue weighted by atomic mass is 10.1. The largest absolute Gasteiger partial charge is 0.472 e. The van der Waals surface area contributed by atoms with Crippen molar-refractivity contribution in [1.29, 1.82) is 0 Å². The monoisotopic (exact) mass is 768 g/mol. The zero-order chi connectivity index (χ0) is 39.3.